The molecule has 0 heterocycles. The van der Waals surface area contributed by atoms with Gasteiger partial charge in [-0.25, -0.2) is 0 Å². The van der Waals surface area contributed by atoms with Crippen molar-refractivity contribution < 1.29 is 23.9 Å². The van der Waals surface area contributed by atoms with Crippen LogP contribution in [0.2, 0.25) is 0 Å². The fourth-order valence-electron chi connectivity index (χ4n) is 3.75. The van der Waals surface area contributed by atoms with Gasteiger partial charge in [-0.3, -0.25) is 14.4 Å². The van der Waals surface area contributed by atoms with E-state index in [2.05, 4.69) is 10.6 Å². The van der Waals surface area contributed by atoms with Gasteiger partial charge in [0.05, 0.1) is 0 Å². The van der Waals surface area contributed by atoms with Crippen molar-refractivity contribution in [3.8, 4) is 11.5 Å². The number of hydrogen-bond acceptors (Lipinski definition) is 5. The van der Waals surface area contributed by atoms with Gasteiger partial charge in [0.2, 0.25) is 5.91 Å². The first kappa shape index (κ1) is 25.4. The first-order valence-corrected chi connectivity index (χ1v) is 12.0. The number of nitrogens with one attached hydrogen (secondary N) is 2. The van der Waals surface area contributed by atoms with Crippen molar-refractivity contribution in [1.29, 1.82) is 0 Å². The van der Waals surface area contributed by atoms with Crippen molar-refractivity contribution in [2.45, 2.75) is 26.2 Å². The average molecular weight is 497 g/mol. The maximum Gasteiger partial charge on any atom is 0.306 e. The van der Waals surface area contributed by atoms with E-state index in [9.17, 15) is 14.4 Å². The Morgan fingerprint density at radius 2 is 1.46 bits per heavy atom. The number of anilines is 2. The summed E-state index contributed by atoms with van der Waals surface area (Å²) in [5.74, 6) is 0.266. The van der Waals surface area contributed by atoms with Crippen LogP contribution in [0.5, 0.6) is 11.5 Å². The number of carbonyl (C=O) groups is 3. The summed E-state index contributed by atoms with van der Waals surface area (Å²) in [6.07, 6.45) is 0.508. The monoisotopic (exact) mass is 496 g/mol. The molecule has 0 aliphatic rings. The molecule has 37 heavy (non-hydrogen) atoms. The number of hydrogen-bond donors (Lipinski definition) is 2. The smallest absolute Gasteiger partial charge is 0.306 e. The molecule has 4 aromatic carbocycles. The molecule has 0 aliphatic heterocycles. The van der Waals surface area contributed by atoms with E-state index >= 15 is 0 Å². The Kier molecular flexibility index (Phi) is 8.49. The Morgan fingerprint density at radius 1 is 0.730 bits per heavy atom. The largest absolute Gasteiger partial charge is 0.457 e. The van der Waals surface area contributed by atoms with Crippen molar-refractivity contribution in [3.63, 3.8) is 0 Å². The Labute approximate surface area is 215 Å². The molecule has 4 aromatic rings. The first-order valence-electron chi connectivity index (χ1n) is 12.0. The molecule has 4 rings (SSSR count). The molecule has 188 valence electrons. The fraction of sp³-hybridized carbons (Fsp3) is 0.167. The molecule has 7 heteroatoms. The van der Waals surface area contributed by atoms with Crippen LogP contribution in [0.25, 0.3) is 10.8 Å². The highest BCUT2D eigenvalue weighted by Crippen LogP contribution is 2.30. The quantitative estimate of drug-likeness (QED) is 0.254. The minimum absolute atomic E-state index is 0.0445. The maximum atomic E-state index is 12.3. The van der Waals surface area contributed by atoms with E-state index in [1.807, 2.05) is 67.6 Å². The van der Waals surface area contributed by atoms with E-state index in [4.69, 9.17) is 9.47 Å². The second-order valence-electron chi connectivity index (χ2n) is 8.53. The summed E-state index contributed by atoms with van der Waals surface area (Å²) in [7, 11) is 0. The van der Waals surface area contributed by atoms with Gasteiger partial charge in [0.15, 0.2) is 6.61 Å². The van der Waals surface area contributed by atoms with Gasteiger partial charge in [0, 0.05) is 29.6 Å². The minimum atomic E-state index is -0.525. The van der Waals surface area contributed by atoms with Crippen LogP contribution in [0.1, 0.15) is 24.8 Å². The molecular formula is C30H28N2O5. The highest BCUT2D eigenvalue weighted by molar-refractivity contribution is 5.94. The number of fused-ring (bicyclic) bond motifs is 1. The molecule has 2 N–H and O–H groups in total. The lowest BCUT2D eigenvalue weighted by Gasteiger charge is -2.10. The van der Waals surface area contributed by atoms with Crippen LogP contribution in [0.15, 0.2) is 91.0 Å². The third kappa shape index (κ3) is 7.41. The normalized spacial score (nSPS) is 10.5. The van der Waals surface area contributed by atoms with Crippen molar-refractivity contribution in [1.82, 2.24) is 0 Å². The fourth-order valence-corrected chi connectivity index (χ4v) is 3.75. The van der Waals surface area contributed by atoms with Crippen LogP contribution in [0.4, 0.5) is 11.4 Å². The predicted molar refractivity (Wildman–Crippen MR) is 144 cm³/mol. The molecule has 0 spiro atoms. The summed E-state index contributed by atoms with van der Waals surface area (Å²) >= 11 is 0. The maximum absolute atomic E-state index is 12.3. The molecule has 0 saturated carbocycles. The van der Waals surface area contributed by atoms with Crippen LogP contribution in [-0.2, 0) is 19.1 Å². The van der Waals surface area contributed by atoms with E-state index in [1.165, 1.54) is 0 Å². The summed E-state index contributed by atoms with van der Waals surface area (Å²) < 4.78 is 11.0. The van der Waals surface area contributed by atoms with Crippen molar-refractivity contribution in [3.05, 3.63) is 96.6 Å². The van der Waals surface area contributed by atoms with E-state index in [-0.39, 0.29) is 25.4 Å². The third-order valence-electron chi connectivity index (χ3n) is 5.68. The number of benzene rings is 4. The SMILES string of the molecule is Cc1ccccc1NC(=O)COC(=O)CCCC(=O)Nc1ccc(Oc2cccc3ccccc23)cc1. The number of aryl methyl sites for hydroxylation is 1. The molecule has 0 unspecified atom stereocenters. The lowest BCUT2D eigenvalue weighted by Crippen LogP contribution is -2.21. The molecule has 0 aromatic heterocycles. The topological polar surface area (TPSA) is 93.7 Å². The van der Waals surface area contributed by atoms with Crippen molar-refractivity contribution >= 4 is 39.9 Å². The molecule has 0 bridgehead atoms. The number of esters is 1. The zero-order valence-electron chi connectivity index (χ0n) is 20.5. The highest BCUT2D eigenvalue weighted by atomic mass is 16.5. The number of rotatable bonds is 10. The van der Waals surface area contributed by atoms with E-state index in [0.29, 0.717) is 23.5 Å². The summed E-state index contributed by atoms with van der Waals surface area (Å²) in [5.41, 5.74) is 2.22. The summed E-state index contributed by atoms with van der Waals surface area (Å²) in [4.78, 5) is 36.2. The number of amides is 2. The molecule has 0 fully saturated rings. The van der Waals surface area contributed by atoms with Gasteiger partial charge in [0.1, 0.15) is 11.5 Å². The molecular weight excluding hydrogens is 468 g/mol. The summed E-state index contributed by atoms with van der Waals surface area (Å²) in [6.45, 7) is 1.51. The highest BCUT2D eigenvalue weighted by Gasteiger charge is 2.11. The Balaban J connectivity index is 1.17. The van der Waals surface area contributed by atoms with E-state index < -0.39 is 11.9 Å². The van der Waals surface area contributed by atoms with Gasteiger partial charge in [-0.1, -0.05) is 54.6 Å². The second-order valence-corrected chi connectivity index (χ2v) is 8.53. The number of para-hydroxylation sites is 1. The first-order chi connectivity index (χ1) is 18.0. The van der Waals surface area contributed by atoms with Crippen LogP contribution in [-0.4, -0.2) is 24.4 Å². The van der Waals surface area contributed by atoms with Gasteiger partial charge < -0.3 is 20.1 Å². The lowest BCUT2D eigenvalue weighted by molar-refractivity contribution is -0.147. The Bertz CT molecular complexity index is 1390. The van der Waals surface area contributed by atoms with Crippen LogP contribution < -0.4 is 15.4 Å². The van der Waals surface area contributed by atoms with Gasteiger partial charge in [-0.15, -0.1) is 0 Å². The average Bonchev–Trinajstić information content (AvgIpc) is 2.90. The standard InChI is InChI=1S/C30H28N2O5/c1-21-8-2-5-12-26(21)32-29(34)20-36-30(35)15-7-14-28(33)31-23-16-18-24(19-17-23)37-27-13-6-10-22-9-3-4-11-25(22)27/h2-6,8-13,16-19H,7,14-15,20H2,1H3,(H,31,33)(H,32,34). The van der Waals surface area contributed by atoms with Crippen LogP contribution in [0.3, 0.4) is 0 Å². The number of ether oxygens (including phenoxy) is 2. The van der Waals surface area contributed by atoms with E-state index in [1.54, 1.807) is 30.3 Å². The molecule has 0 aliphatic carbocycles. The summed E-state index contributed by atoms with van der Waals surface area (Å²) in [6, 6.07) is 28.3. The van der Waals surface area contributed by atoms with Crippen molar-refractivity contribution in [2.24, 2.45) is 0 Å². The van der Waals surface area contributed by atoms with E-state index in [0.717, 1.165) is 22.1 Å². The van der Waals surface area contributed by atoms with Gasteiger partial charge in [-0.05, 0) is 60.7 Å². The molecule has 0 saturated heterocycles. The van der Waals surface area contributed by atoms with Crippen LogP contribution >= 0.6 is 0 Å². The summed E-state index contributed by atoms with van der Waals surface area (Å²) in [5, 5.41) is 7.63. The van der Waals surface area contributed by atoms with Gasteiger partial charge in [0.25, 0.3) is 5.91 Å². The molecule has 2 amide bonds. The molecule has 0 radical (unpaired) electrons. The molecule has 7 nitrogen and oxygen atoms in total. The lowest BCUT2D eigenvalue weighted by atomic mass is 10.1. The van der Waals surface area contributed by atoms with Crippen molar-refractivity contribution in [2.75, 3.05) is 17.2 Å². The molecule has 0 atom stereocenters. The Hall–Kier alpha value is -4.65. The van der Waals surface area contributed by atoms with Gasteiger partial charge in [-0.2, -0.15) is 0 Å². The minimum Gasteiger partial charge on any atom is -0.457 e. The zero-order valence-corrected chi connectivity index (χ0v) is 20.5. The third-order valence-corrected chi connectivity index (χ3v) is 5.68. The van der Waals surface area contributed by atoms with Crippen LogP contribution in [0, 0.1) is 6.92 Å². The zero-order chi connectivity index (χ0) is 26.0. The van der Waals surface area contributed by atoms with Gasteiger partial charge >= 0.3 is 5.97 Å². The Morgan fingerprint density at radius 3 is 2.27 bits per heavy atom. The predicted octanol–water partition coefficient (Wildman–Crippen LogP) is 6.23. The second kappa shape index (κ2) is 12.4. The number of carbonyl (C=O) groups excluding carboxylic acids is 3.